The van der Waals surface area contributed by atoms with Gasteiger partial charge in [-0.1, -0.05) is 12.6 Å². The molecule has 0 aliphatic carbocycles. The molecular weight excluding hydrogens is 319 g/mol. The largest absolute Gasteiger partial charge is 0.494 e. The Morgan fingerprint density at radius 3 is 2.20 bits per heavy atom. The molecule has 134 valence electrons. The molecule has 1 aromatic carbocycles. The van der Waals surface area contributed by atoms with Gasteiger partial charge in [0, 0.05) is 14.1 Å². The number of hydrogen-bond donors (Lipinski definition) is 1. The molecule has 1 aromatic rings. The lowest BCUT2D eigenvalue weighted by Gasteiger charge is -2.32. The lowest BCUT2D eigenvalue weighted by molar-refractivity contribution is -0.111. The Labute approximate surface area is 149 Å². The molecule has 0 unspecified atom stereocenters. The summed E-state index contributed by atoms with van der Waals surface area (Å²) in [5.41, 5.74) is 0.574. The summed E-state index contributed by atoms with van der Waals surface area (Å²) in [5.74, 6) is -0.598. The summed E-state index contributed by atoms with van der Waals surface area (Å²) in [7, 11) is 2.74. The monoisotopic (exact) mass is 344 g/mol. The van der Waals surface area contributed by atoms with E-state index >= 15 is 0 Å². The number of carbonyl (C=O) groups is 2. The predicted molar refractivity (Wildman–Crippen MR) is 99.0 cm³/mol. The highest BCUT2D eigenvalue weighted by Gasteiger charge is 2.51. The smallest absolute Gasteiger partial charge is 0.399 e. The molecule has 2 amide bonds. The third-order valence-corrected chi connectivity index (χ3v) is 4.65. The van der Waals surface area contributed by atoms with Gasteiger partial charge in [0.25, 0.3) is 5.91 Å². The molecule has 0 spiro atoms. The van der Waals surface area contributed by atoms with Crippen molar-refractivity contribution in [3.63, 3.8) is 0 Å². The van der Waals surface area contributed by atoms with E-state index in [0.717, 1.165) is 11.5 Å². The molecule has 1 aliphatic heterocycles. The predicted octanol–water partition coefficient (Wildman–Crippen LogP) is 1.81. The fraction of sp³-hybridized carbons (Fsp3) is 0.444. The molecular formula is C18H25BN2O4. The van der Waals surface area contributed by atoms with Crippen molar-refractivity contribution in [2.24, 2.45) is 0 Å². The number of nitrogens with zero attached hydrogens (tertiary/aromatic N) is 1. The Hall–Kier alpha value is -2.12. The molecule has 0 bridgehead atoms. The topological polar surface area (TPSA) is 67.9 Å². The zero-order valence-electron chi connectivity index (χ0n) is 15.7. The van der Waals surface area contributed by atoms with Gasteiger partial charge in [-0.15, -0.1) is 0 Å². The van der Waals surface area contributed by atoms with Gasteiger partial charge in [-0.25, -0.2) is 0 Å². The molecule has 1 fully saturated rings. The summed E-state index contributed by atoms with van der Waals surface area (Å²) < 4.78 is 12.1. The number of anilines is 1. The first-order valence-electron chi connectivity index (χ1n) is 8.13. The second-order valence-corrected chi connectivity index (χ2v) is 7.29. The Balaban J connectivity index is 2.42. The molecule has 1 heterocycles. The second kappa shape index (κ2) is 6.65. The lowest BCUT2D eigenvalue weighted by Crippen LogP contribution is -2.41. The third kappa shape index (κ3) is 3.77. The Morgan fingerprint density at radius 2 is 1.72 bits per heavy atom. The molecule has 0 atom stereocenters. The molecule has 6 nitrogen and oxygen atoms in total. The van der Waals surface area contributed by atoms with Crippen LogP contribution in [0.3, 0.4) is 0 Å². The van der Waals surface area contributed by atoms with E-state index in [4.69, 9.17) is 9.31 Å². The summed E-state index contributed by atoms with van der Waals surface area (Å²) in [6.45, 7) is 11.3. The van der Waals surface area contributed by atoms with Crippen LogP contribution in [0, 0.1) is 0 Å². The zero-order valence-corrected chi connectivity index (χ0v) is 15.7. The average molecular weight is 344 g/mol. The van der Waals surface area contributed by atoms with Crippen molar-refractivity contribution in [3.05, 3.63) is 36.4 Å². The van der Waals surface area contributed by atoms with Crippen LogP contribution in [0.1, 0.15) is 38.1 Å². The maximum atomic E-state index is 12.4. The first-order valence-corrected chi connectivity index (χ1v) is 8.13. The van der Waals surface area contributed by atoms with Crippen molar-refractivity contribution in [1.29, 1.82) is 0 Å². The highest BCUT2D eigenvalue weighted by atomic mass is 16.7. The van der Waals surface area contributed by atoms with Crippen LogP contribution < -0.4 is 10.8 Å². The van der Waals surface area contributed by atoms with E-state index in [1.165, 1.54) is 4.90 Å². The Bertz CT molecular complexity index is 697. The van der Waals surface area contributed by atoms with Gasteiger partial charge in [-0.2, -0.15) is 0 Å². The highest BCUT2D eigenvalue weighted by Crippen LogP contribution is 2.36. The number of hydrogen-bond acceptors (Lipinski definition) is 4. The van der Waals surface area contributed by atoms with Crippen LogP contribution in [0.2, 0.25) is 0 Å². The van der Waals surface area contributed by atoms with Gasteiger partial charge in [0.15, 0.2) is 0 Å². The van der Waals surface area contributed by atoms with Crippen LogP contribution in [0.5, 0.6) is 0 Å². The number of nitrogens with one attached hydrogen (secondary N) is 1. The molecule has 0 radical (unpaired) electrons. The average Bonchev–Trinajstić information content (AvgIpc) is 2.74. The first-order chi connectivity index (χ1) is 11.5. The van der Waals surface area contributed by atoms with Crippen molar-refractivity contribution in [2.45, 2.75) is 38.9 Å². The molecule has 2 rings (SSSR count). The van der Waals surface area contributed by atoms with E-state index in [-0.39, 0.29) is 11.8 Å². The Morgan fingerprint density at radius 1 is 1.16 bits per heavy atom. The van der Waals surface area contributed by atoms with Gasteiger partial charge in [0.1, 0.15) is 0 Å². The van der Waals surface area contributed by atoms with Crippen molar-refractivity contribution < 1.29 is 18.9 Å². The maximum absolute atomic E-state index is 12.4. The van der Waals surface area contributed by atoms with Crippen molar-refractivity contribution in [2.75, 3.05) is 19.4 Å². The maximum Gasteiger partial charge on any atom is 0.494 e. The minimum Gasteiger partial charge on any atom is -0.399 e. The van der Waals surface area contributed by atoms with E-state index in [1.54, 1.807) is 32.3 Å². The highest BCUT2D eigenvalue weighted by molar-refractivity contribution is 6.62. The summed E-state index contributed by atoms with van der Waals surface area (Å²) in [4.78, 5) is 25.6. The van der Waals surface area contributed by atoms with Crippen molar-refractivity contribution >= 4 is 30.1 Å². The fourth-order valence-corrected chi connectivity index (χ4v) is 2.40. The minimum absolute atomic E-state index is 0.208. The van der Waals surface area contributed by atoms with Gasteiger partial charge >= 0.3 is 7.12 Å². The minimum atomic E-state index is -0.576. The van der Waals surface area contributed by atoms with Crippen molar-refractivity contribution in [1.82, 2.24) is 4.90 Å². The summed E-state index contributed by atoms with van der Waals surface area (Å²) >= 11 is 0. The number of rotatable bonds is 4. The standard InChI is InChI=1S/C18H25BN2O4/c1-8-15(22)20-14-11-12(9-10-13(14)16(23)21(6)7)19-24-17(2,3)18(4,5)25-19/h8-11H,1H2,2-7H3,(H,20,22). The van der Waals surface area contributed by atoms with Crippen LogP contribution in [-0.4, -0.2) is 49.1 Å². The lowest BCUT2D eigenvalue weighted by atomic mass is 9.78. The second-order valence-electron chi connectivity index (χ2n) is 7.29. The quantitative estimate of drug-likeness (QED) is 0.668. The number of carbonyl (C=O) groups excluding carboxylic acids is 2. The van der Waals surface area contributed by atoms with Crippen molar-refractivity contribution in [3.8, 4) is 0 Å². The van der Waals surface area contributed by atoms with E-state index < -0.39 is 18.3 Å². The van der Waals surface area contributed by atoms with E-state index in [1.807, 2.05) is 27.7 Å². The SMILES string of the molecule is C=CC(=O)Nc1cc(B2OC(C)(C)C(C)(C)O2)ccc1C(=O)N(C)C. The van der Waals surface area contributed by atoms with E-state index in [2.05, 4.69) is 11.9 Å². The van der Waals surface area contributed by atoms with Crippen LogP contribution in [0.15, 0.2) is 30.9 Å². The van der Waals surface area contributed by atoms with Gasteiger partial charge in [-0.3, -0.25) is 9.59 Å². The van der Waals surface area contributed by atoms with Gasteiger partial charge < -0.3 is 19.5 Å². The zero-order chi connectivity index (χ0) is 19.0. The molecule has 0 aromatic heterocycles. The van der Waals surface area contributed by atoms with Gasteiger partial charge in [0.05, 0.1) is 22.5 Å². The molecule has 25 heavy (non-hydrogen) atoms. The van der Waals surface area contributed by atoms with Gasteiger partial charge in [0.2, 0.25) is 5.91 Å². The summed E-state index contributed by atoms with van der Waals surface area (Å²) in [6, 6.07) is 5.16. The molecule has 1 saturated heterocycles. The fourth-order valence-electron chi connectivity index (χ4n) is 2.40. The third-order valence-electron chi connectivity index (χ3n) is 4.65. The number of benzene rings is 1. The Kier molecular flexibility index (Phi) is 5.11. The molecule has 7 heteroatoms. The van der Waals surface area contributed by atoms with E-state index in [9.17, 15) is 9.59 Å². The molecule has 1 N–H and O–H groups in total. The van der Waals surface area contributed by atoms with Crippen LogP contribution in [-0.2, 0) is 14.1 Å². The molecule has 0 saturated carbocycles. The van der Waals surface area contributed by atoms with E-state index in [0.29, 0.717) is 11.3 Å². The summed E-state index contributed by atoms with van der Waals surface area (Å²) in [5, 5.41) is 2.69. The van der Waals surface area contributed by atoms with Gasteiger partial charge in [-0.05, 0) is 51.4 Å². The first kappa shape index (κ1) is 19.2. The normalized spacial score (nSPS) is 17.9. The number of amides is 2. The summed E-state index contributed by atoms with van der Waals surface area (Å²) in [6.07, 6.45) is 1.16. The van der Waals surface area contributed by atoms with Crippen LogP contribution in [0.4, 0.5) is 5.69 Å². The van der Waals surface area contributed by atoms with Crippen LogP contribution >= 0.6 is 0 Å². The molecule has 1 aliphatic rings. The van der Waals surface area contributed by atoms with Crippen LogP contribution in [0.25, 0.3) is 0 Å².